The van der Waals surface area contributed by atoms with Crippen LogP contribution in [0.25, 0.3) is 0 Å². The van der Waals surface area contributed by atoms with Crippen molar-refractivity contribution in [1.82, 2.24) is 0 Å². The molecule has 0 aliphatic carbocycles. The summed E-state index contributed by atoms with van der Waals surface area (Å²) in [5.41, 5.74) is 0. The fraction of sp³-hybridized carbons (Fsp3) is 0.941. The molecule has 19 heteroatoms. The Morgan fingerprint density at radius 3 is 0.874 bits per heavy atom. The molecule has 0 aromatic heterocycles. The van der Waals surface area contributed by atoms with E-state index in [1.54, 1.807) is 0 Å². The van der Waals surface area contributed by atoms with E-state index in [2.05, 4.69) is 41.5 Å². The summed E-state index contributed by atoms with van der Waals surface area (Å²) in [5, 5.41) is 10.5. The van der Waals surface area contributed by atoms with Gasteiger partial charge in [0, 0.05) is 25.7 Å². The van der Waals surface area contributed by atoms with Gasteiger partial charge in [-0.1, -0.05) is 292 Å². The number of phosphoric acid groups is 2. The number of rotatable bonds is 67. The molecule has 17 nitrogen and oxygen atoms in total. The first kappa shape index (κ1) is 85.1. The molecule has 6 atom stereocenters. The van der Waals surface area contributed by atoms with Crippen LogP contribution in [0.3, 0.4) is 0 Å². The average molecular weight is 1280 g/mol. The van der Waals surface area contributed by atoms with Crippen molar-refractivity contribution in [3.05, 3.63) is 0 Å². The molecule has 0 heterocycles. The number of carbonyl (C=O) groups excluding carboxylic acids is 4. The Morgan fingerprint density at radius 2 is 0.586 bits per heavy atom. The van der Waals surface area contributed by atoms with Crippen molar-refractivity contribution >= 4 is 39.5 Å². The lowest BCUT2D eigenvalue weighted by Crippen LogP contribution is -2.30. The van der Waals surface area contributed by atoms with Crippen LogP contribution < -0.4 is 0 Å². The van der Waals surface area contributed by atoms with Gasteiger partial charge in [0.15, 0.2) is 12.2 Å². The van der Waals surface area contributed by atoms with Crippen molar-refractivity contribution < 1.29 is 80.2 Å². The summed E-state index contributed by atoms with van der Waals surface area (Å²) in [4.78, 5) is 72.0. The van der Waals surface area contributed by atoms with E-state index in [1.807, 2.05) is 0 Å². The third-order valence-electron chi connectivity index (χ3n) is 16.1. The fourth-order valence-electron chi connectivity index (χ4n) is 10.2. The maximum Gasteiger partial charge on any atom is 0.472 e. The molecule has 0 saturated carbocycles. The molecule has 0 aromatic carbocycles. The predicted molar refractivity (Wildman–Crippen MR) is 349 cm³/mol. The number of esters is 4. The van der Waals surface area contributed by atoms with E-state index in [-0.39, 0.29) is 25.7 Å². The molecule has 87 heavy (non-hydrogen) atoms. The second-order valence-corrected chi connectivity index (χ2v) is 28.2. The van der Waals surface area contributed by atoms with E-state index in [4.69, 9.17) is 37.0 Å². The monoisotopic (exact) mass is 1280 g/mol. The van der Waals surface area contributed by atoms with Crippen LogP contribution in [0.1, 0.15) is 343 Å². The van der Waals surface area contributed by atoms with Crippen LogP contribution >= 0.6 is 15.6 Å². The molecule has 516 valence electrons. The van der Waals surface area contributed by atoms with Gasteiger partial charge in [-0.2, -0.15) is 0 Å². The summed E-state index contributed by atoms with van der Waals surface area (Å²) < 4.78 is 67.8. The Kier molecular flexibility index (Phi) is 59.0. The molecule has 0 rings (SSSR count). The molecule has 0 fully saturated rings. The largest absolute Gasteiger partial charge is 0.472 e. The standard InChI is InChI=1S/C68H132O17P2/c1-7-10-12-14-31-40-46-52-67(72)84-63(56-78-65(70)50-44-36-13-11-8-2)58-82-86(74,75)80-54-62(69)55-81-87(76,77)83-59-64(57-79-66(71)51-45-39-34-29-26-25-27-32-37-42-48-60(4)5)85-68(73)53-47-41-35-30-24-22-20-18-16-15-17-19-21-23-28-33-38-43-49-61(6)9-3/h60-64,69H,7-59H2,1-6H3,(H,74,75)(H,76,77)/t61?,62-,63+,64+/m0/s1. The highest BCUT2D eigenvalue weighted by Gasteiger charge is 2.30. The Labute approximate surface area is 530 Å². The molecule has 0 bridgehead atoms. The third kappa shape index (κ3) is 61.3. The number of carbonyl (C=O) groups is 4. The van der Waals surface area contributed by atoms with Gasteiger partial charge in [-0.3, -0.25) is 37.3 Å². The summed E-state index contributed by atoms with van der Waals surface area (Å²) in [6.45, 7) is 9.45. The van der Waals surface area contributed by atoms with Crippen LogP contribution in [0.15, 0.2) is 0 Å². The highest BCUT2D eigenvalue weighted by Crippen LogP contribution is 2.45. The van der Waals surface area contributed by atoms with Crippen LogP contribution in [-0.4, -0.2) is 96.7 Å². The minimum atomic E-state index is -4.95. The molecule has 3 N–H and O–H groups in total. The van der Waals surface area contributed by atoms with Gasteiger partial charge in [-0.05, 0) is 37.5 Å². The normalized spacial score (nSPS) is 14.5. The van der Waals surface area contributed by atoms with Crippen molar-refractivity contribution in [2.24, 2.45) is 11.8 Å². The van der Waals surface area contributed by atoms with Gasteiger partial charge in [-0.25, -0.2) is 9.13 Å². The van der Waals surface area contributed by atoms with Gasteiger partial charge in [-0.15, -0.1) is 0 Å². The predicted octanol–water partition coefficient (Wildman–Crippen LogP) is 19.2. The molecule has 0 aromatic rings. The number of aliphatic hydroxyl groups excluding tert-OH is 1. The van der Waals surface area contributed by atoms with Gasteiger partial charge in [0.1, 0.15) is 19.3 Å². The molecule has 0 amide bonds. The molecule has 0 aliphatic rings. The molecular weight excluding hydrogens is 1150 g/mol. The highest BCUT2D eigenvalue weighted by atomic mass is 31.2. The maximum absolute atomic E-state index is 13.0. The number of hydrogen-bond acceptors (Lipinski definition) is 15. The zero-order valence-corrected chi connectivity index (χ0v) is 58.1. The van der Waals surface area contributed by atoms with E-state index in [1.165, 1.54) is 141 Å². The number of unbranched alkanes of at least 4 members (excludes halogenated alkanes) is 36. The highest BCUT2D eigenvalue weighted by molar-refractivity contribution is 7.47. The van der Waals surface area contributed by atoms with Gasteiger partial charge >= 0.3 is 39.5 Å². The third-order valence-corrected chi connectivity index (χ3v) is 18.0. The molecule has 0 radical (unpaired) electrons. The van der Waals surface area contributed by atoms with E-state index in [9.17, 15) is 43.2 Å². The molecule has 0 spiro atoms. The zero-order chi connectivity index (χ0) is 64.3. The number of ether oxygens (including phenoxy) is 4. The maximum atomic E-state index is 13.0. The van der Waals surface area contributed by atoms with Crippen molar-refractivity contribution in [3.8, 4) is 0 Å². The summed E-state index contributed by atoms with van der Waals surface area (Å²) >= 11 is 0. The molecule has 3 unspecified atom stereocenters. The SMILES string of the molecule is CCCCCCCCCC(=O)O[C@H](COC(=O)CCCCCCC)COP(=O)(O)OC[C@H](O)COP(=O)(O)OC[C@@H](COC(=O)CCCCCCCCCCCCC(C)C)OC(=O)CCCCCCCCCCCCCCCCCCCCC(C)CC. The summed E-state index contributed by atoms with van der Waals surface area (Å²) in [5.74, 6) is -0.515. The van der Waals surface area contributed by atoms with E-state index in [0.29, 0.717) is 25.7 Å². The van der Waals surface area contributed by atoms with Gasteiger partial charge in [0.2, 0.25) is 0 Å². The van der Waals surface area contributed by atoms with Crippen LogP contribution in [-0.2, 0) is 65.4 Å². The van der Waals surface area contributed by atoms with Gasteiger partial charge in [0.25, 0.3) is 0 Å². The van der Waals surface area contributed by atoms with Crippen LogP contribution in [0, 0.1) is 11.8 Å². The van der Waals surface area contributed by atoms with Crippen LogP contribution in [0.4, 0.5) is 0 Å². The van der Waals surface area contributed by atoms with Crippen molar-refractivity contribution in [3.63, 3.8) is 0 Å². The second-order valence-electron chi connectivity index (χ2n) is 25.3. The Bertz CT molecular complexity index is 1700. The molecule has 0 aliphatic heterocycles. The summed E-state index contributed by atoms with van der Waals surface area (Å²) in [6.07, 6.45) is 45.1. The summed E-state index contributed by atoms with van der Waals surface area (Å²) in [7, 11) is -9.88. The molecular formula is C68H132O17P2. The van der Waals surface area contributed by atoms with Crippen LogP contribution in [0.5, 0.6) is 0 Å². The Morgan fingerprint density at radius 1 is 0.333 bits per heavy atom. The van der Waals surface area contributed by atoms with Crippen molar-refractivity contribution in [2.75, 3.05) is 39.6 Å². The van der Waals surface area contributed by atoms with E-state index >= 15 is 0 Å². The number of aliphatic hydroxyl groups is 1. The second kappa shape index (κ2) is 60.3. The molecule has 0 saturated heterocycles. The minimum absolute atomic E-state index is 0.103. The first-order valence-electron chi connectivity index (χ1n) is 35.5. The lowest BCUT2D eigenvalue weighted by Gasteiger charge is -2.21. The van der Waals surface area contributed by atoms with Gasteiger partial charge in [0.05, 0.1) is 26.4 Å². The number of phosphoric ester groups is 2. The van der Waals surface area contributed by atoms with Crippen LogP contribution in [0.2, 0.25) is 0 Å². The first-order valence-corrected chi connectivity index (χ1v) is 38.5. The lowest BCUT2D eigenvalue weighted by atomic mass is 9.99. The Balaban J connectivity index is 5.06. The quantitative estimate of drug-likeness (QED) is 0.0222. The lowest BCUT2D eigenvalue weighted by molar-refractivity contribution is -0.161. The van der Waals surface area contributed by atoms with Crippen molar-refractivity contribution in [1.29, 1.82) is 0 Å². The van der Waals surface area contributed by atoms with Gasteiger partial charge < -0.3 is 33.8 Å². The Hall–Kier alpha value is -1.94. The first-order chi connectivity index (χ1) is 41.9. The minimum Gasteiger partial charge on any atom is -0.462 e. The van der Waals surface area contributed by atoms with E-state index < -0.39 is 97.5 Å². The topological polar surface area (TPSA) is 237 Å². The van der Waals surface area contributed by atoms with E-state index in [0.717, 1.165) is 121 Å². The smallest absolute Gasteiger partial charge is 0.462 e. The average Bonchev–Trinajstić information content (AvgIpc) is 3.59. The van der Waals surface area contributed by atoms with Crippen molar-refractivity contribution in [2.45, 2.75) is 362 Å². The summed E-state index contributed by atoms with van der Waals surface area (Å²) in [6, 6.07) is 0. The fourth-order valence-corrected chi connectivity index (χ4v) is 11.8. The number of hydrogen-bond donors (Lipinski definition) is 3. The zero-order valence-electron chi connectivity index (χ0n) is 56.3.